The number of piperazine rings is 1. The number of methoxy groups -OCH3 is 2. The summed E-state index contributed by atoms with van der Waals surface area (Å²) in [5, 5.41) is 4.25. The first-order chi connectivity index (χ1) is 17.5. The molecular weight excluding hydrogens is 474 g/mol. The molecule has 0 spiro atoms. The summed E-state index contributed by atoms with van der Waals surface area (Å²) in [5.74, 6) is 3.99. The summed E-state index contributed by atoms with van der Waals surface area (Å²) in [4.78, 5) is 29.9. The molecule has 8 nitrogen and oxygen atoms in total. The first-order valence-electron chi connectivity index (χ1n) is 12.8. The number of rotatable bonds is 6. The van der Waals surface area contributed by atoms with Gasteiger partial charge in [-0.3, -0.25) is 0 Å². The fourth-order valence-electron chi connectivity index (χ4n) is 5.13. The molecule has 3 heterocycles. The molecule has 5 rings (SSSR count). The van der Waals surface area contributed by atoms with Gasteiger partial charge in [0.25, 0.3) is 0 Å². The van der Waals surface area contributed by atoms with E-state index in [4.69, 9.17) is 19.4 Å². The van der Waals surface area contributed by atoms with Crippen molar-refractivity contribution in [3.8, 4) is 11.5 Å². The van der Waals surface area contributed by atoms with Gasteiger partial charge in [0.05, 0.1) is 19.6 Å². The number of carbonyl (C=O) groups excluding carboxylic acids is 1. The lowest BCUT2D eigenvalue weighted by Gasteiger charge is -2.36. The molecule has 0 bridgehead atoms. The van der Waals surface area contributed by atoms with Gasteiger partial charge in [0, 0.05) is 61.4 Å². The van der Waals surface area contributed by atoms with Crippen molar-refractivity contribution in [2.75, 3.05) is 50.6 Å². The molecule has 1 atom stereocenters. The smallest absolute Gasteiger partial charge is 0.321 e. The van der Waals surface area contributed by atoms with E-state index in [1.54, 1.807) is 32.4 Å². The van der Waals surface area contributed by atoms with Crippen LogP contribution in [0.5, 0.6) is 11.5 Å². The van der Waals surface area contributed by atoms with Gasteiger partial charge in [-0.05, 0) is 37.2 Å². The molecule has 0 radical (unpaired) electrons. The zero-order valence-electron chi connectivity index (χ0n) is 21.6. The van der Waals surface area contributed by atoms with Crippen molar-refractivity contribution in [1.82, 2.24) is 14.9 Å². The van der Waals surface area contributed by atoms with Crippen LogP contribution in [0.15, 0.2) is 18.2 Å². The maximum absolute atomic E-state index is 13.0. The van der Waals surface area contributed by atoms with E-state index in [9.17, 15) is 4.79 Å². The maximum Gasteiger partial charge on any atom is 0.321 e. The van der Waals surface area contributed by atoms with E-state index in [1.807, 2.05) is 16.2 Å². The highest BCUT2D eigenvalue weighted by Gasteiger charge is 2.28. The largest absolute Gasteiger partial charge is 0.497 e. The zero-order valence-corrected chi connectivity index (χ0v) is 22.4. The number of ether oxygens (including phenoxy) is 2. The molecule has 2 aromatic heterocycles. The maximum atomic E-state index is 13.0. The lowest BCUT2D eigenvalue weighted by atomic mass is 9.89. The first-order valence-corrected chi connectivity index (χ1v) is 13.7. The monoisotopic (exact) mass is 509 g/mol. The van der Waals surface area contributed by atoms with Crippen molar-refractivity contribution in [3.05, 3.63) is 34.5 Å². The molecule has 3 aromatic rings. The van der Waals surface area contributed by atoms with Gasteiger partial charge in [-0.1, -0.05) is 13.8 Å². The molecule has 0 saturated carbocycles. The van der Waals surface area contributed by atoms with Crippen molar-refractivity contribution < 1.29 is 14.3 Å². The van der Waals surface area contributed by atoms with Gasteiger partial charge in [-0.2, -0.15) is 0 Å². The molecule has 1 unspecified atom stereocenters. The number of aryl methyl sites for hydroxylation is 2. The normalized spacial score (nSPS) is 17.7. The van der Waals surface area contributed by atoms with E-state index in [1.165, 1.54) is 22.2 Å². The number of hydrogen-bond acceptors (Lipinski definition) is 7. The molecular formula is C27H35N5O3S. The molecule has 2 amide bonds. The fourth-order valence-corrected chi connectivity index (χ4v) is 6.53. The Hall–Kier alpha value is -3.07. The minimum atomic E-state index is -0.119. The lowest BCUT2D eigenvalue weighted by Crippen LogP contribution is -2.50. The minimum Gasteiger partial charge on any atom is -0.497 e. The second-order valence-electron chi connectivity index (χ2n) is 9.75. The van der Waals surface area contributed by atoms with E-state index in [2.05, 4.69) is 24.1 Å². The number of fused-ring (bicyclic) bond motifs is 3. The Kier molecular flexibility index (Phi) is 7.18. The number of amides is 2. The molecule has 2 aliphatic rings. The van der Waals surface area contributed by atoms with Gasteiger partial charge in [0.1, 0.15) is 28.0 Å². The van der Waals surface area contributed by atoms with Crippen molar-refractivity contribution in [1.29, 1.82) is 0 Å². The summed E-state index contributed by atoms with van der Waals surface area (Å²) in [6.45, 7) is 7.26. The fraction of sp³-hybridized carbons (Fsp3) is 0.519. The van der Waals surface area contributed by atoms with E-state index >= 15 is 0 Å². The standard InChI is InChI=1S/C27H35N5O3S/c1-5-6-23-29-25(24-21-8-7-17(2)13-22(21)36-26(24)30-23)31-9-11-32(12-10-31)27(33)28-18-14-19(34-3)16-20(15-18)35-4/h14-17H,5-13H2,1-4H3,(H,28,33). The molecule has 1 saturated heterocycles. The van der Waals surface area contributed by atoms with Crippen LogP contribution in [0.3, 0.4) is 0 Å². The Morgan fingerprint density at radius 3 is 2.50 bits per heavy atom. The quantitative estimate of drug-likeness (QED) is 0.496. The van der Waals surface area contributed by atoms with E-state index in [-0.39, 0.29) is 6.03 Å². The highest BCUT2D eigenvalue weighted by Crippen LogP contribution is 2.41. The molecule has 1 aliphatic carbocycles. The second kappa shape index (κ2) is 10.5. The number of urea groups is 1. The van der Waals surface area contributed by atoms with Crippen molar-refractivity contribution in [2.45, 2.75) is 46.0 Å². The van der Waals surface area contributed by atoms with E-state index in [0.29, 0.717) is 30.3 Å². The van der Waals surface area contributed by atoms with Crippen LogP contribution >= 0.6 is 11.3 Å². The molecule has 1 aromatic carbocycles. The van der Waals surface area contributed by atoms with Gasteiger partial charge in [0.15, 0.2) is 0 Å². The zero-order chi connectivity index (χ0) is 25.2. The van der Waals surface area contributed by atoms with Crippen LogP contribution in [-0.4, -0.2) is 61.3 Å². The summed E-state index contributed by atoms with van der Waals surface area (Å²) in [6.07, 6.45) is 5.37. The van der Waals surface area contributed by atoms with Crippen LogP contribution in [0.1, 0.15) is 43.0 Å². The van der Waals surface area contributed by atoms with Gasteiger partial charge in [-0.25, -0.2) is 14.8 Å². The highest BCUT2D eigenvalue weighted by molar-refractivity contribution is 7.19. The average molecular weight is 510 g/mol. The lowest BCUT2D eigenvalue weighted by molar-refractivity contribution is 0.208. The summed E-state index contributed by atoms with van der Waals surface area (Å²) < 4.78 is 10.7. The number of anilines is 2. The molecule has 36 heavy (non-hydrogen) atoms. The van der Waals surface area contributed by atoms with Crippen LogP contribution < -0.4 is 19.7 Å². The molecule has 1 fully saturated rings. The Bertz CT molecular complexity index is 1230. The minimum absolute atomic E-state index is 0.119. The van der Waals surface area contributed by atoms with E-state index < -0.39 is 0 Å². The topological polar surface area (TPSA) is 79.8 Å². The summed E-state index contributed by atoms with van der Waals surface area (Å²) in [5.41, 5.74) is 2.11. The third kappa shape index (κ3) is 4.93. The summed E-state index contributed by atoms with van der Waals surface area (Å²) in [7, 11) is 3.20. The Labute approximate surface area is 216 Å². The van der Waals surface area contributed by atoms with Gasteiger partial charge < -0.3 is 24.6 Å². The number of nitrogens with zero attached hydrogens (tertiary/aromatic N) is 4. The van der Waals surface area contributed by atoms with E-state index in [0.717, 1.165) is 61.2 Å². The van der Waals surface area contributed by atoms with Gasteiger partial charge in [0.2, 0.25) is 0 Å². The Morgan fingerprint density at radius 1 is 1.11 bits per heavy atom. The number of nitrogens with one attached hydrogen (secondary N) is 1. The third-order valence-electron chi connectivity index (χ3n) is 7.13. The number of benzene rings is 1. The van der Waals surface area contributed by atoms with Crippen molar-refractivity contribution in [3.63, 3.8) is 0 Å². The van der Waals surface area contributed by atoms with Crippen LogP contribution in [0.2, 0.25) is 0 Å². The summed E-state index contributed by atoms with van der Waals surface area (Å²) >= 11 is 1.86. The predicted molar refractivity (Wildman–Crippen MR) is 145 cm³/mol. The van der Waals surface area contributed by atoms with Gasteiger partial charge >= 0.3 is 6.03 Å². The Morgan fingerprint density at radius 2 is 1.83 bits per heavy atom. The molecule has 1 N–H and O–H groups in total. The SMILES string of the molecule is CCCc1nc(N2CCN(C(=O)Nc3cc(OC)cc(OC)c3)CC2)c2c3c(sc2n1)CC(C)CC3. The number of hydrogen-bond donors (Lipinski definition) is 1. The van der Waals surface area contributed by atoms with Crippen molar-refractivity contribution >= 4 is 39.1 Å². The van der Waals surface area contributed by atoms with Crippen LogP contribution in [0.4, 0.5) is 16.3 Å². The van der Waals surface area contributed by atoms with Crippen LogP contribution in [0.25, 0.3) is 10.2 Å². The van der Waals surface area contributed by atoms with Crippen LogP contribution in [0, 0.1) is 5.92 Å². The van der Waals surface area contributed by atoms with Crippen molar-refractivity contribution in [2.24, 2.45) is 5.92 Å². The number of carbonyl (C=O) groups is 1. The predicted octanol–water partition coefficient (Wildman–Crippen LogP) is 5.14. The second-order valence-corrected chi connectivity index (χ2v) is 10.8. The Balaban J connectivity index is 1.34. The van der Waals surface area contributed by atoms with Gasteiger partial charge in [-0.15, -0.1) is 11.3 Å². The first kappa shape index (κ1) is 24.6. The highest BCUT2D eigenvalue weighted by atomic mass is 32.1. The van der Waals surface area contributed by atoms with Crippen LogP contribution in [-0.2, 0) is 19.3 Å². The summed E-state index contributed by atoms with van der Waals surface area (Å²) in [6, 6.07) is 5.26. The molecule has 192 valence electrons. The molecule has 1 aliphatic heterocycles. The third-order valence-corrected chi connectivity index (χ3v) is 8.27. The molecule has 9 heteroatoms. The number of aromatic nitrogens is 2. The number of thiophene rings is 1. The average Bonchev–Trinajstić information content (AvgIpc) is 3.25.